The number of pyridine rings is 1. The number of halogens is 2. The fraction of sp³-hybridized carbons (Fsp3) is 0.364. The summed E-state index contributed by atoms with van der Waals surface area (Å²) in [7, 11) is 0. The van der Waals surface area contributed by atoms with E-state index < -0.39 is 12.1 Å². The van der Waals surface area contributed by atoms with Gasteiger partial charge in [-0.1, -0.05) is 6.07 Å². The molecule has 0 saturated carbocycles. The van der Waals surface area contributed by atoms with Crippen LogP contribution in [0.1, 0.15) is 45.3 Å². The summed E-state index contributed by atoms with van der Waals surface area (Å²) in [5.74, 6) is -0.297. The van der Waals surface area contributed by atoms with E-state index in [-0.39, 0.29) is 24.8 Å². The van der Waals surface area contributed by atoms with Crippen LogP contribution < -0.4 is 16.6 Å². The molecule has 12 heteroatoms. The number of carbonyl (C=O) groups excluding carboxylic acids is 1. The van der Waals surface area contributed by atoms with Gasteiger partial charge < -0.3 is 10.5 Å². The number of ether oxygens (including phenoxy) is 1. The Balaban J connectivity index is 1.32. The van der Waals surface area contributed by atoms with Crippen molar-refractivity contribution >= 4 is 5.97 Å². The molecule has 1 aromatic carbocycles. The lowest BCUT2D eigenvalue weighted by atomic mass is 9.93. The highest BCUT2D eigenvalue weighted by Crippen LogP contribution is 2.30. The first-order valence-corrected chi connectivity index (χ1v) is 10.8. The van der Waals surface area contributed by atoms with Gasteiger partial charge in [-0.15, -0.1) is 0 Å². The van der Waals surface area contributed by atoms with Gasteiger partial charge in [0, 0.05) is 43.5 Å². The van der Waals surface area contributed by atoms with Crippen LogP contribution in [0.15, 0.2) is 41.5 Å². The van der Waals surface area contributed by atoms with E-state index in [2.05, 4.69) is 20.4 Å². The second-order valence-corrected chi connectivity index (χ2v) is 8.44. The molecule has 1 fully saturated rings. The zero-order chi connectivity index (χ0) is 24.0. The minimum Gasteiger partial charge on any atom is -0.457 e. The van der Waals surface area contributed by atoms with Crippen LogP contribution in [0.2, 0.25) is 0 Å². The third-order valence-electron chi connectivity index (χ3n) is 6.19. The largest absolute Gasteiger partial charge is 0.457 e. The molecule has 2 aliphatic heterocycles. The molecule has 2 aliphatic rings. The van der Waals surface area contributed by atoms with E-state index in [0.717, 1.165) is 29.0 Å². The summed E-state index contributed by atoms with van der Waals surface area (Å²) < 4.78 is 31.1. The van der Waals surface area contributed by atoms with Crippen LogP contribution in [0.5, 0.6) is 0 Å². The quantitative estimate of drug-likeness (QED) is 0.534. The van der Waals surface area contributed by atoms with Crippen molar-refractivity contribution in [3.8, 4) is 5.69 Å². The van der Waals surface area contributed by atoms with Crippen molar-refractivity contribution in [3.63, 3.8) is 0 Å². The number of nitrogens with zero attached hydrogens (tertiary/aromatic N) is 5. The maximum Gasteiger partial charge on any atom is 0.338 e. The van der Waals surface area contributed by atoms with Gasteiger partial charge in [-0.2, -0.15) is 23.8 Å². The minimum atomic E-state index is -2.91. The molecule has 1 saturated heterocycles. The number of nitrogens with one attached hydrogen (secondary N) is 1. The first-order chi connectivity index (χ1) is 16.3. The zero-order valence-corrected chi connectivity index (χ0v) is 18.3. The molecule has 0 radical (unpaired) electrons. The molecule has 178 valence electrons. The Bertz CT molecular complexity index is 1310. The molecule has 0 aliphatic carbocycles. The fourth-order valence-corrected chi connectivity index (χ4v) is 4.52. The number of nitrogens with two attached hydrogens (primary N) is 1. The number of fused-ring (bicyclic) bond motifs is 1. The Morgan fingerprint density at radius 3 is 2.85 bits per heavy atom. The number of piperazine rings is 1. The Morgan fingerprint density at radius 1 is 1.26 bits per heavy atom. The summed E-state index contributed by atoms with van der Waals surface area (Å²) in [5, 5.41) is 12.0. The number of esters is 1. The summed E-state index contributed by atoms with van der Waals surface area (Å²) in [6.07, 6.45) is 2.31. The molecule has 34 heavy (non-hydrogen) atoms. The second-order valence-electron chi connectivity index (χ2n) is 8.44. The van der Waals surface area contributed by atoms with Gasteiger partial charge in [0.05, 0.1) is 29.3 Å². The molecule has 2 aromatic heterocycles. The molecule has 0 bridgehead atoms. The molecule has 10 nitrogen and oxygen atoms in total. The SMILES string of the molecule is Cc1c([C@@H]2CN(Cc3cnn(-c4ccn(C(F)F)c(=O)c4)n3)C[C@H](N)N2)ccc2c1COC2=O. The van der Waals surface area contributed by atoms with Crippen LogP contribution >= 0.6 is 0 Å². The number of rotatable bonds is 5. The van der Waals surface area contributed by atoms with E-state index in [0.29, 0.717) is 41.1 Å². The van der Waals surface area contributed by atoms with E-state index in [9.17, 15) is 18.4 Å². The first kappa shape index (κ1) is 22.3. The van der Waals surface area contributed by atoms with Crippen molar-refractivity contribution in [1.82, 2.24) is 29.8 Å². The van der Waals surface area contributed by atoms with Crippen molar-refractivity contribution < 1.29 is 18.3 Å². The standard InChI is InChI=1S/C22H23F2N7O3/c1-12-15(2-3-16-17(12)11-34-21(16)33)18-9-29(10-19(25)27-18)8-13-7-26-31(28-13)14-4-5-30(22(23)24)20(32)6-14/h2-7,18-19,22,27H,8-11,25H2,1H3/t18-,19+/m0/s1. The van der Waals surface area contributed by atoms with Crippen molar-refractivity contribution in [1.29, 1.82) is 0 Å². The van der Waals surface area contributed by atoms with Crippen LogP contribution in [-0.4, -0.2) is 49.7 Å². The summed E-state index contributed by atoms with van der Waals surface area (Å²) in [6, 6.07) is 6.11. The van der Waals surface area contributed by atoms with Crippen LogP contribution in [0, 0.1) is 6.92 Å². The lowest BCUT2D eigenvalue weighted by Gasteiger charge is -2.38. The van der Waals surface area contributed by atoms with Gasteiger partial charge in [-0.3, -0.25) is 19.6 Å². The van der Waals surface area contributed by atoms with E-state index in [1.54, 1.807) is 12.3 Å². The number of hydrogen-bond acceptors (Lipinski definition) is 8. The molecule has 3 N–H and O–H groups in total. The fourth-order valence-electron chi connectivity index (χ4n) is 4.52. The molecular weight excluding hydrogens is 448 g/mol. The van der Waals surface area contributed by atoms with Crippen LogP contribution in [-0.2, 0) is 17.9 Å². The van der Waals surface area contributed by atoms with Crippen molar-refractivity contribution in [2.75, 3.05) is 13.1 Å². The lowest BCUT2D eigenvalue weighted by Crippen LogP contribution is -2.56. The number of benzene rings is 1. The Labute approximate surface area is 192 Å². The highest BCUT2D eigenvalue weighted by atomic mass is 19.3. The van der Waals surface area contributed by atoms with Crippen LogP contribution in [0.25, 0.3) is 5.69 Å². The van der Waals surface area contributed by atoms with Crippen molar-refractivity contribution in [3.05, 3.63) is 75.0 Å². The summed E-state index contributed by atoms with van der Waals surface area (Å²) in [4.78, 5) is 27.1. The topological polar surface area (TPSA) is 120 Å². The number of carbonyl (C=O) groups is 1. The Kier molecular flexibility index (Phi) is 5.71. The molecule has 3 aromatic rings. The van der Waals surface area contributed by atoms with Gasteiger partial charge in [-0.25, -0.2) is 4.79 Å². The third-order valence-corrected chi connectivity index (χ3v) is 6.19. The van der Waals surface area contributed by atoms with E-state index in [1.165, 1.54) is 10.9 Å². The second kappa shape index (κ2) is 8.70. The predicted molar refractivity (Wildman–Crippen MR) is 116 cm³/mol. The average molecular weight is 471 g/mol. The van der Waals surface area contributed by atoms with Crippen molar-refractivity contribution in [2.24, 2.45) is 5.73 Å². The average Bonchev–Trinajstić information content (AvgIpc) is 3.40. The normalized spacial score (nSPS) is 20.6. The monoisotopic (exact) mass is 471 g/mol. The predicted octanol–water partition coefficient (Wildman–Crippen LogP) is 1.23. The van der Waals surface area contributed by atoms with Gasteiger partial charge in [-0.05, 0) is 30.2 Å². The van der Waals surface area contributed by atoms with E-state index in [1.807, 2.05) is 13.0 Å². The molecule has 0 amide bonds. The van der Waals surface area contributed by atoms with Gasteiger partial charge >= 0.3 is 12.5 Å². The first-order valence-electron chi connectivity index (χ1n) is 10.8. The van der Waals surface area contributed by atoms with Gasteiger partial charge in [0.2, 0.25) is 0 Å². The Morgan fingerprint density at radius 2 is 2.09 bits per heavy atom. The molecule has 0 spiro atoms. The molecule has 5 rings (SSSR count). The van der Waals surface area contributed by atoms with Gasteiger partial charge in [0.15, 0.2) is 0 Å². The number of aromatic nitrogens is 4. The molecule has 2 atom stereocenters. The number of alkyl halides is 2. The van der Waals surface area contributed by atoms with Crippen LogP contribution in [0.4, 0.5) is 8.78 Å². The van der Waals surface area contributed by atoms with Crippen molar-refractivity contribution in [2.45, 2.75) is 38.8 Å². The van der Waals surface area contributed by atoms with Gasteiger partial charge in [0.1, 0.15) is 6.61 Å². The summed E-state index contributed by atoms with van der Waals surface area (Å²) in [5.41, 5.74) is 9.97. The molecule has 4 heterocycles. The summed E-state index contributed by atoms with van der Waals surface area (Å²) >= 11 is 0. The van der Waals surface area contributed by atoms with E-state index >= 15 is 0 Å². The zero-order valence-electron chi connectivity index (χ0n) is 18.3. The smallest absolute Gasteiger partial charge is 0.338 e. The maximum atomic E-state index is 12.8. The number of hydrogen-bond donors (Lipinski definition) is 2. The maximum absolute atomic E-state index is 12.8. The Hall–Kier alpha value is -3.48. The van der Waals surface area contributed by atoms with Gasteiger partial charge in [0.25, 0.3) is 5.56 Å². The number of cyclic esters (lactones) is 1. The van der Waals surface area contributed by atoms with E-state index in [4.69, 9.17) is 10.5 Å². The van der Waals surface area contributed by atoms with Crippen LogP contribution in [0.3, 0.4) is 0 Å². The summed E-state index contributed by atoms with van der Waals surface area (Å²) in [6.45, 7) is 1.05. The highest BCUT2D eigenvalue weighted by Gasteiger charge is 2.30. The molecular formula is C22H23F2N7O3. The molecule has 0 unspecified atom stereocenters. The third kappa shape index (κ3) is 4.11. The highest BCUT2D eigenvalue weighted by molar-refractivity contribution is 5.94. The minimum absolute atomic E-state index is 0.0539. The lowest BCUT2D eigenvalue weighted by molar-refractivity contribution is 0.0534.